The lowest BCUT2D eigenvalue weighted by atomic mass is 9.95. The van der Waals surface area contributed by atoms with Crippen LogP contribution in [0.25, 0.3) is 11.0 Å². The topological polar surface area (TPSA) is 63.0 Å². The van der Waals surface area contributed by atoms with Gasteiger partial charge in [-0.25, -0.2) is 4.79 Å². The fourth-order valence-corrected chi connectivity index (χ4v) is 4.67. The third-order valence-electron chi connectivity index (χ3n) is 5.95. The second-order valence-corrected chi connectivity index (χ2v) is 8.30. The average molecular weight is 419 g/mol. The number of halogens is 1. The maximum absolute atomic E-state index is 12.9. The molecule has 2 aliphatic heterocycles. The van der Waals surface area contributed by atoms with Crippen LogP contribution < -0.4 is 5.63 Å². The summed E-state index contributed by atoms with van der Waals surface area (Å²) in [7, 11) is 0. The number of morpholine rings is 1. The lowest BCUT2D eigenvalue weighted by Crippen LogP contribution is -2.48. The Bertz CT molecular complexity index is 952. The summed E-state index contributed by atoms with van der Waals surface area (Å²) in [5.74, 6) is 0.231. The molecule has 0 bridgehead atoms. The van der Waals surface area contributed by atoms with Crippen molar-refractivity contribution in [3.8, 4) is 0 Å². The molecule has 0 unspecified atom stereocenters. The number of hydrogen-bond acceptors (Lipinski definition) is 5. The van der Waals surface area contributed by atoms with Crippen LogP contribution >= 0.6 is 11.6 Å². The van der Waals surface area contributed by atoms with Gasteiger partial charge in [0.05, 0.1) is 19.1 Å². The van der Waals surface area contributed by atoms with Gasteiger partial charge in [0, 0.05) is 42.7 Å². The lowest BCUT2D eigenvalue weighted by molar-refractivity contribution is -0.141. The summed E-state index contributed by atoms with van der Waals surface area (Å²) in [5.41, 5.74) is 2.09. The molecule has 0 spiro atoms. The summed E-state index contributed by atoms with van der Waals surface area (Å²) in [4.78, 5) is 29.2. The van der Waals surface area contributed by atoms with Crippen molar-refractivity contribution in [3.05, 3.63) is 44.8 Å². The van der Waals surface area contributed by atoms with Crippen molar-refractivity contribution in [1.82, 2.24) is 9.80 Å². The van der Waals surface area contributed by atoms with Crippen LogP contribution in [-0.2, 0) is 22.5 Å². The molecule has 1 aromatic carbocycles. The van der Waals surface area contributed by atoms with Crippen LogP contribution in [0.3, 0.4) is 0 Å². The van der Waals surface area contributed by atoms with Crippen molar-refractivity contribution >= 4 is 28.5 Å². The molecule has 7 heteroatoms. The first kappa shape index (κ1) is 20.4. The Morgan fingerprint density at radius 2 is 1.97 bits per heavy atom. The van der Waals surface area contributed by atoms with E-state index in [-0.39, 0.29) is 17.5 Å². The molecule has 3 heterocycles. The molecule has 2 saturated heterocycles. The Labute approximate surface area is 175 Å². The predicted molar refractivity (Wildman–Crippen MR) is 112 cm³/mol. The standard InChI is InChI=1S/C22H27ClN2O4/c1-2-15-10-20-18(12-19(15)23)17(11-21(26)29-20)14-24-5-3-4-16(13-24)22(27)25-6-8-28-9-7-25/h10-12,16H,2-9,13-14H2,1H3/t16-/m1/s1. The summed E-state index contributed by atoms with van der Waals surface area (Å²) in [5, 5.41) is 1.56. The van der Waals surface area contributed by atoms with Crippen molar-refractivity contribution < 1.29 is 13.9 Å². The SMILES string of the molecule is CCc1cc2oc(=O)cc(CN3CCC[C@@H](C(=O)N4CCOCC4)C3)c2cc1Cl. The molecule has 2 fully saturated rings. The predicted octanol–water partition coefficient (Wildman–Crippen LogP) is 3.08. The van der Waals surface area contributed by atoms with E-state index < -0.39 is 0 Å². The molecule has 0 radical (unpaired) electrons. The highest BCUT2D eigenvalue weighted by atomic mass is 35.5. The van der Waals surface area contributed by atoms with Gasteiger partial charge in [-0.15, -0.1) is 0 Å². The highest BCUT2D eigenvalue weighted by Crippen LogP contribution is 2.28. The number of ether oxygens (including phenoxy) is 1. The summed E-state index contributed by atoms with van der Waals surface area (Å²) in [6.45, 7) is 6.85. The normalized spacial score (nSPS) is 20.9. The first-order valence-electron chi connectivity index (χ1n) is 10.4. The Morgan fingerprint density at radius 3 is 2.72 bits per heavy atom. The van der Waals surface area contributed by atoms with E-state index in [1.165, 1.54) is 0 Å². The molecular weight excluding hydrogens is 392 g/mol. The number of hydrogen-bond donors (Lipinski definition) is 0. The molecule has 0 aliphatic carbocycles. The number of piperidine rings is 1. The summed E-state index contributed by atoms with van der Waals surface area (Å²) in [6, 6.07) is 5.32. The van der Waals surface area contributed by atoms with E-state index in [0.29, 0.717) is 50.0 Å². The summed E-state index contributed by atoms with van der Waals surface area (Å²) < 4.78 is 10.8. The fraction of sp³-hybridized carbons (Fsp3) is 0.545. The highest BCUT2D eigenvalue weighted by molar-refractivity contribution is 6.32. The Morgan fingerprint density at radius 1 is 1.17 bits per heavy atom. The van der Waals surface area contributed by atoms with Gasteiger partial charge in [-0.3, -0.25) is 9.69 Å². The second-order valence-electron chi connectivity index (χ2n) is 7.90. The van der Waals surface area contributed by atoms with Gasteiger partial charge in [0.15, 0.2) is 0 Å². The van der Waals surface area contributed by atoms with E-state index in [0.717, 1.165) is 42.3 Å². The van der Waals surface area contributed by atoms with Gasteiger partial charge in [0.25, 0.3) is 0 Å². The van der Waals surface area contributed by atoms with Gasteiger partial charge in [0.1, 0.15) is 5.58 Å². The van der Waals surface area contributed by atoms with E-state index in [1.807, 2.05) is 24.0 Å². The van der Waals surface area contributed by atoms with Crippen LogP contribution in [-0.4, -0.2) is 55.1 Å². The van der Waals surface area contributed by atoms with Crippen molar-refractivity contribution in [2.75, 3.05) is 39.4 Å². The number of nitrogens with zero attached hydrogens (tertiary/aromatic N) is 2. The quantitative estimate of drug-likeness (QED) is 0.714. The zero-order chi connectivity index (χ0) is 20.4. The van der Waals surface area contributed by atoms with E-state index in [2.05, 4.69) is 4.90 Å². The average Bonchev–Trinajstić information content (AvgIpc) is 2.74. The second kappa shape index (κ2) is 8.86. The van der Waals surface area contributed by atoms with Crippen LogP contribution in [0, 0.1) is 5.92 Å². The lowest BCUT2D eigenvalue weighted by Gasteiger charge is -2.36. The molecule has 4 rings (SSSR count). The smallest absolute Gasteiger partial charge is 0.336 e. The van der Waals surface area contributed by atoms with Gasteiger partial charge in [-0.05, 0) is 49.1 Å². The van der Waals surface area contributed by atoms with Crippen LogP contribution in [0.1, 0.15) is 30.9 Å². The van der Waals surface area contributed by atoms with E-state index >= 15 is 0 Å². The molecule has 1 aromatic heterocycles. The van der Waals surface area contributed by atoms with Gasteiger partial charge in [0.2, 0.25) is 5.91 Å². The maximum Gasteiger partial charge on any atom is 0.336 e. The molecular formula is C22H27ClN2O4. The number of carbonyl (C=O) groups is 1. The van der Waals surface area contributed by atoms with Crippen LogP contribution in [0.2, 0.25) is 5.02 Å². The highest BCUT2D eigenvalue weighted by Gasteiger charge is 2.30. The van der Waals surface area contributed by atoms with Crippen molar-refractivity contribution in [1.29, 1.82) is 0 Å². The van der Waals surface area contributed by atoms with Crippen LogP contribution in [0.5, 0.6) is 0 Å². The fourth-order valence-electron chi connectivity index (χ4n) is 4.37. The van der Waals surface area contributed by atoms with Gasteiger partial charge in [-0.1, -0.05) is 18.5 Å². The number of aryl methyl sites for hydroxylation is 1. The zero-order valence-electron chi connectivity index (χ0n) is 16.8. The summed E-state index contributed by atoms with van der Waals surface area (Å²) in [6.07, 6.45) is 2.66. The minimum atomic E-state index is -0.352. The monoisotopic (exact) mass is 418 g/mol. The number of rotatable bonds is 4. The Hall–Kier alpha value is -1.89. The minimum Gasteiger partial charge on any atom is -0.423 e. The molecule has 0 N–H and O–H groups in total. The minimum absolute atomic E-state index is 0.00326. The van der Waals surface area contributed by atoms with Gasteiger partial charge in [-0.2, -0.15) is 0 Å². The maximum atomic E-state index is 12.9. The van der Waals surface area contributed by atoms with E-state index in [1.54, 1.807) is 6.07 Å². The first-order valence-corrected chi connectivity index (χ1v) is 10.8. The summed E-state index contributed by atoms with van der Waals surface area (Å²) >= 11 is 6.41. The number of benzene rings is 1. The molecule has 1 atom stereocenters. The number of fused-ring (bicyclic) bond motifs is 1. The molecule has 29 heavy (non-hydrogen) atoms. The Balaban J connectivity index is 1.54. The van der Waals surface area contributed by atoms with E-state index in [9.17, 15) is 9.59 Å². The first-order chi connectivity index (χ1) is 14.0. The van der Waals surface area contributed by atoms with Gasteiger partial charge >= 0.3 is 5.63 Å². The molecule has 2 aliphatic rings. The zero-order valence-corrected chi connectivity index (χ0v) is 17.5. The number of amides is 1. The third-order valence-corrected chi connectivity index (χ3v) is 6.30. The molecule has 2 aromatic rings. The third kappa shape index (κ3) is 4.49. The molecule has 0 saturated carbocycles. The van der Waals surface area contributed by atoms with Crippen LogP contribution in [0.4, 0.5) is 0 Å². The number of likely N-dealkylation sites (tertiary alicyclic amines) is 1. The van der Waals surface area contributed by atoms with E-state index in [4.69, 9.17) is 20.8 Å². The van der Waals surface area contributed by atoms with Crippen molar-refractivity contribution in [2.45, 2.75) is 32.7 Å². The molecule has 1 amide bonds. The molecule has 6 nitrogen and oxygen atoms in total. The van der Waals surface area contributed by atoms with Crippen molar-refractivity contribution in [3.63, 3.8) is 0 Å². The number of carbonyl (C=O) groups excluding carboxylic acids is 1. The van der Waals surface area contributed by atoms with Crippen molar-refractivity contribution in [2.24, 2.45) is 5.92 Å². The van der Waals surface area contributed by atoms with Gasteiger partial charge < -0.3 is 14.1 Å². The Kier molecular flexibility index (Phi) is 6.23. The largest absolute Gasteiger partial charge is 0.423 e. The van der Waals surface area contributed by atoms with Crippen LogP contribution in [0.15, 0.2) is 27.4 Å². The molecule has 156 valence electrons.